The molecule has 0 radical (unpaired) electrons. The van der Waals surface area contributed by atoms with Crippen LogP contribution in [0, 0.1) is 11.3 Å². The van der Waals surface area contributed by atoms with Crippen LogP contribution in [0.4, 0.5) is 5.69 Å². The van der Waals surface area contributed by atoms with Crippen LogP contribution in [-0.4, -0.2) is 26.7 Å². The molecule has 26 heavy (non-hydrogen) atoms. The second-order valence-corrected chi connectivity index (χ2v) is 5.01. The molecule has 1 atom stereocenters. The standard InChI is InChI=1S/C10H9NO.C9H12N2O.CH5N/c11-8-10-5-3-9(4-6-10)2-1-7-12;1-11-9-5-3-2-4-7(9)8(10)6-12;1-2/h3-7H,1-2H2;2-6,8,11H,10H2,1H3;2H2,1H3. The van der Waals surface area contributed by atoms with Gasteiger partial charge in [0.15, 0.2) is 0 Å². The van der Waals surface area contributed by atoms with E-state index in [1.165, 1.54) is 7.05 Å². The van der Waals surface area contributed by atoms with Crippen molar-refractivity contribution in [1.82, 2.24) is 0 Å². The molecule has 0 saturated carbocycles. The lowest BCUT2D eigenvalue weighted by Gasteiger charge is -2.10. The van der Waals surface area contributed by atoms with Crippen LogP contribution in [0.3, 0.4) is 0 Å². The Hall–Kier alpha value is -3.01. The summed E-state index contributed by atoms with van der Waals surface area (Å²) in [5, 5.41) is 11.5. The SMILES string of the molecule is CN.CNc1ccccc1C(N)C=O.N#Cc1ccc(CCC=O)cc1. The van der Waals surface area contributed by atoms with Crippen molar-refractivity contribution in [3.63, 3.8) is 0 Å². The summed E-state index contributed by atoms with van der Waals surface area (Å²) < 4.78 is 0. The number of nitrogens with zero attached hydrogens (tertiary/aromatic N) is 1. The molecule has 2 rings (SSSR count). The van der Waals surface area contributed by atoms with Crippen LogP contribution in [0.25, 0.3) is 0 Å². The molecule has 0 amide bonds. The highest BCUT2D eigenvalue weighted by atomic mass is 16.1. The second-order valence-electron chi connectivity index (χ2n) is 5.01. The van der Waals surface area contributed by atoms with Gasteiger partial charge < -0.3 is 26.4 Å². The number of hydrogen-bond acceptors (Lipinski definition) is 6. The molecular formula is C20H26N4O2. The van der Waals surface area contributed by atoms with E-state index in [2.05, 4.69) is 11.1 Å². The van der Waals surface area contributed by atoms with Crippen LogP contribution in [0.5, 0.6) is 0 Å². The molecule has 0 bridgehead atoms. The van der Waals surface area contributed by atoms with Crippen molar-refractivity contribution in [3.8, 4) is 6.07 Å². The van der Waals surface area contributed by atoms with Crippen molar-refractivity contribution in [2.24, 2.45) is 11.5 Å². The molecular weight excluding hydrogens is 328 g/mol. The van der Waals surface area contributed by atoms with Gasteiger partial charge >= 0.3 is 0 Å². The van der Waals surface area contributed by atoms with E-state index in [0.29, 0.717) is 12.0 Å². The van der Waals surface area contributed by atoms with E-state index in [4.69, 9.17) is 11.0 Å². The van der Waals surface area contributed by atoms with Crippen LogP contribution in [-0.2, 0) is 16.0 Å². The average Bonchev–Trinajstić information content (AvgIpc) is 2.73. The van der Waals surface area contributed by atoms with Gasteiger partial charge in [-0.05, 0) is 42.8 Å². The first kappa shape index (κ1) is 23.0. The predicted octanol–water partition coefficient (Wildman–Crippen LogP) is 2.19. The van der Waals surface area contributed by atoms with E-state index in [-0.39, 0.29) is 0 Å². The molecule has 5 N–H and O–H groups in total. The Morgan fingerprint density at radius 3 is 2.23 bits per heavy atom. The van der Waals surface area contributed by atoms with Gasteiger partial charge in [-0.2, -0.15) is 5.26 Å². The zero-order valence-corrected chi connectivity index (χ0v) is 15.2. The number of anilines is 1. The molecule has 1 unspecified atom stereocenters. The van der Waals surface area contributed by atoms with E-state index in [1.54, 1.807) is 19.2 Å². The Balaban J connectivity index is 0.000000439. The summed E-state index contributed by atoms with van der Waals surface area (Å²) in [6.07, 6.45) is 2.94. The molecule has 0 aliphatic carbocycles. The van der Waals surface area contributed by atoms with Gasteiger partial charge in [0, 0.05) is 19.2 Å². The molecule has 2 aromatic carbocycles. The number of aldehydes is 2. The fourth-order valence-electron chi connectivity index (χ4n) is 2.06. The normalized spacial score (nSPS) is 9.96. The highest BCUT2D eigenvalue weighted by molar-refractivity contribution is 5.67. The molecule has 138 valence electrons. The van der Waals surface area contributed by atoms with Gasteiger partial charge in [-0.1, -0.05) is 30.3 Å². The molecule has 0 aromatic heterocycles. The van der Waals surface area contributed by atoms with Crippen LogP contribution in [0.2, 0.25) is 0 Å². The topological polar surface area (TPSA) is 122 Å². The first-order valence-electron chi connectivity index (χ1n) is 8.14. The summed E-state index contributed by atoms with van der Waals surface area (Å²) in [4.78, 5) is 20.5. The van der Waals surface area contributed by atoms with Crippen molar-refractivity contribution >= 4 is 18.3 Å². The Morgan fingerprint density at radius 1 is 1.12 bits per heavy atom. The van der Waals surface area contributed by atoms with Gasteiger partial charge in [-0.25, -0.2) is 0 Å². The number of aryl methyl sites for hydroxylation is 1. The summed E-state index contributed by atoms with van der Waals surface area (Å²) in [7, 11) is 3.30. The van der Waals surface area contributed by atoms with E-state index in [9.17, 15) is 9.59 Å². The average molecular weight is 354 g/mol. The molecule has 0 saturated heterocycles. The van der Waals surface area contributed by atoms with Crippen molar-refractivity contribution in [2.45, 2.75) is 18.9 Å². The Kier molecular flexibility index (Phi) is 12.7. The van der Waals surface area contributed by atoms with E-state index >= 15 is 0 Å². The number of rotatable bonds is 6. The zero-order valence-electron chi connectivity index (χ0n) is 15.2. The molecule has 2 aromatic rings. The lowest BCUT2D eigenvalue weighted by atomic mass is 10.1. The zero-order chi connectivity index (χ0) is 19.8. The highest BCUT2D eigenvalue weighted by Crippen LogP contribution is 2.18. The van der Waals surface area contributed by atoms with Gasteiger partial charge in [0.05, 0.1) is 17.7 Å². The Labute approximate surface area is 154 Å². The third kappa shape index (κ3) is 8.20. The molecule has 0 spiro atoms. The lowest BCUT2D eigenvalue weighted by Crippen LogP contribution is -2.13. The maximum absolute atomic E-state index is 10.4. The largest absolute Gasteiger partial charge is 0.388 e. The summed E-state index contributed by atoms with van der Waals surface area (Å²) in [5.74, 6) is 0. The van der Waals surface area contributed by atoms with Gasteiger partial charge in [0.2, 0.25) is 0 Å². The minimum atomic E-state index is -0.534. The third-order valence-electron chi connectivity index (χ3n) is 3.37. The quantitative estimate of drug-likeness (QED) is 0.684. The van der Waals surface area contributed by atoms with Gasteiger partial charge in [0.25, 0.3) is 0 Å². The highest BCUT2D eigenvalue weighted by Gasteiger charge is 2.07. The number of carbonyl (C=O) groups is 2. The molecule has 6 nitrogen and oxygen atoms in total. The van der Waals surface area contributed by atoms with Crippen LogP contribution in [0.15, 0.2) is 48.5 Å². The molecule has 0 aliphatic rings. The van der Waals surface area contributed by atoms with Crippen LogP contribution >= 0.6 is 0 Å². The summed E-state index contributed by atoms with van der Waals surface area (Å²) in [6, 6.07) is 16.3. The summed E-state index contributed by atoms with van der Waals surface area (Å²) in [5.41, 5.74) is 13.5. The smallest absolute Gasteiger partial charge is 0.141 e. The van der Waals surface area contributed by atoms with Gasteiger partial charge in [0.1, 0.15) is 12.6 Å². The Morgan fingerprint density at radius 2 is 1.73 bits per heavy atom. The number of carbonyl (C=O) groups excluding carboxylic acids is 2. The first-order valence-corrected chi connectivity index (χ1v) is 8.14. The van der Waals surface area contributed by atoms with E-state index < -0.39 is 6.04 Å². The summed E-state index contributed by atoms with van der Waals surface area (Å²) in [6.45, 7) is 0. The summed E-state index contributed by atoms with van der Waals surface area (Å²) >= 11 is 0. The Bertz CT molecular complexity index is 694. The number of benzene rings is 2. The fourth-order valence-corrected chi connectivity index (χ4v) is 2.06. The van der Waals surface area contributed by atoms with Gasteiger partial charge in [-0.15, -0.1) is 0 Å². The molecule has 0 aliphatic heterocycles. The number of nitrogens with two attached hydrogens (primary N) is 2. The van der Waals surface area contributed by atoms with Crippen molar-refractivity contribution in [3.05, 3.63) is 65.2 Å². The molecule has 6 heteroatoms. The van der Waals surface area contributed by atoms with Gasteiger partial charge in [-0.3, -0.25) is 0 Å². The maximum Gasteiger partial charge on any atom is 0.141 e. The molecule has 0 fully saturated rings. The lowest BCUT2D eigenvalue weighted by molar-refractivity contribution is -0.109. The van der Waals surface area contributed by atoms with E-state index in [0.717, 1.165) is 35.8 Å². The van der Waals surface area contributed by atoms with E-state index in [1.807, 2.05) is 42.5 Å². The minimum Gasteiger partial charge on any atom is -0.388 e. The number of hydrogen-bond donors (Lipinski definition) is 3. The first-order chi connectivity index (χ1) is 12.7. The monoisotopic (exact) mass is 354 g/mol. The second kappa shape index (κ2) is 14.3. The van der Waals surface area contributed by atoms with Crippen molar-refractivity contribution < 1.29 is 9.59 Å². The van der Waals surface area contributed by atoms with Crippen molar-refractivity contribution in [1.29, 1.82) is 5.26 Å². The number of nitriles is 1. The van der Waals surface area contributed by atoms with Crippen LogP contribution in [0.1, 0.15) is 29.2 Å². The minimum absolute atomic E-state index is 0.534. The number of para-hydroxylation sites is 1. The van der Waals surface area contributed by atoms with Crippen LogP contribution < -0.4 is 16.8 Å². The number of nitrogens with one attached hydrogen (secondary N) is 1. The molecule has 0 heterocycles. The van der Waals surface area contributed by atoms with Crippen molar-refractivity contribution in [2.75, 3.05) is 19.4 Å². The third-order valence-corrected chi connectivity index (χ3v) is 3.37. The maximum atomic E-state index is 10.4. The predicted molar refractivity (Wildman–Crippen MR) is 105 cm³/mol. The fraction of sp³-hybridized carbons (Fsp3) is 0.250.